The smallest absolute Gasteiger partial charge is 0.0949 e. The van der Waals surface area contributed by atoms with Crippen molar-refractivity contribution in [2.45, 2.75) is 31.7 Å². The lowest BCUT2D eigenvalue weighted by Crippen LogP contribution is -2.36. The molecule has 0 spiro atoms. The zero-order valence-electron chi connectivity index (χ0n) is 9.94. The minimum Gasteiger partial charge on any atom is -0.321 e. The summed E-state index contributed by atoms with van der Waals surface area (Å²) in [5.41, 5.74) is 10.2. The number of hydrogen-bond donors (Lipinski definition) is 1. The Labute approximate surface area is 106 Å². The molecule has 1 aliphatic rings. The first-order valence-corrected chi connectivity index (χ1v) is 6.84. The third kappa shape index (κ3) is 1.90. The predicted octanol–water partition coefficient (Wildman–Crippen LogP) is 2.79. The molecule has 1 aromatic carbocycles. The summed E-state index contributed by atoms with van der Waals surface area (Å²) in [6.07, 6.45) is 2.99. The normalized spacial score (nSPS) is 22.7. The van der Waals surface area contributed by atoms with Gasteiger partial charge in [-0.05, 0) is 30.9 Å². The van der Waals surface area contributed by atoms with Crippen molar-refractivity contribution < 1.29 is 0 Å². The Balaban J connectivity index is 1.93. The van der Waals surface area contributed by atoms with Crippen LogP contribution in [0.15, 0.2) is 29.6 Å². The van der Waals surface area contributed by atoms with E-state index in [0.717, 1.165) is 30.0 Å². The molecule has 0 radical (unpaired) electrons. The van der Waals surface area contributed by atoms with Crippen LogP contribution in [0.1, 0.15) is 28.2 Å². The van der Waals surface area contributed by atoms with Crippen molar-refractivity contribution in [2.24, 2.45) is 5.73 Å². The van der Waals surface area contributed by atoms with Crippen molar-refractivity contribution in [3.8, 4) is 0 Å². The van der Waals surface area contributed by atoms with Gasteiger partial charge in [0, 0.05) is 23.0 Å². The Morgan fingerprint density at radius 2 is 2.24 bits per heavy atom. The van der Waals surface area contributed by atoms with E-state index in [9.17, 15) is 0 Å². The van der Waals surface area contributed by atoms with Gasteiger partial charge in [0.25, 0.3) is 0 Å². The fourth-order valence-corrected chi connectivity index (χ4v) is 3.55. The molecule has 2 N–H and O–H groups in total. The summed E-state index contributed by atoms with van der Waals surface area (Å²) < 4.78 is 0. The molecule has 0 saturated heterocycles. The van der Waals surface area contributed by atoms with Gasteiger partial charge in [-0.2, -0.15) is 0 Å². The lowest BCUT2D eigenvalue weighted by molar-refractivity contribution is 0.438. The molecule has 0 amide bonds. The number of nitrogens with zero attached hydrogens (tertiary/aromatic N) is 1. The van der Waals surface area contributed by atoms with Gasteiger partial charge < -0.3 is 5.73 Å². The molecule has 3 rings (SSSR count). The minimum absolute atomic E-state index is 0.207. The molecule has 1 heterocycles. The van der Waals surface area contributed by atoms with Crippen LogP contribution < -0.4 is 5.73 Å². The molecule has 1 unspecified atom stereocenters. The SMILES string of the molecule is Cc1csc(CC2(N)CCc3ccccc32)n1. The van der Waals surface area contributed by atoms with E-state index in [1.54, 1.807) is 11.3 Å². The topological polar surface area (TPSA) is 38.9 Å². The van der Waals surface area contributed by atoms with E-state index in [-0.39, 0.29) is 5.54 Å². The van der Waals surface area contributed by atoms with Crippen LogP contribution in [-0.2, 0) is 18.4 Å². The molecule has 1 atom stereocenters. The number of thiazole rings is 1. The van der Waals surface area contributed by atoms with Gasteiger partial charge in [0.1, 0.15) is 0 Å². The predicted molar refractivity (Wildman–Crippen MR) is 71.2 cm³/mol. The van der Waals surface area contributed by atoms with E-state index in [4.69, 9.17) is 5.73 Å². The quantitative estimate of drug-likeness (QED) is 0.882. The summed E-state index contributed by atoms with van der Waals surface area (Å²) in [5, 5.41) is 3.25. The molecule has 88 valence electrons. The van der Waals surface area contributed by atoms with Gasteiger partial charge in [-0.1, -0.05) is 24.3 Å². The van der Waals surface area contributed by atoms with Gasteiger partial charge in [0.15, 0.2) is 0 Å². The summed E-state index contributed by atoms with van der Waals surface area (Å²) in [6, 6.07) is 8.54. The minimum atomic E-state index is -0.207. The maximum absolute atomic E-state index is 6.58. The summed E-state index contributed by atoms with van der Waals surface area (Å²) in [6.45, 7) is 2.03. The van der Waals surface area contributed by atoms with Crippen molar-refractivity contribution in [1.29, 1.82) is 0 Å². The Bertz CT molecular complexity index is 547. The second kappa shape index (κ2) is 3.93. The highest BCUT2D eigenvalue weighted by molar-refractivity contribution is 7.09. The second-order valence-electron chi connectivity index (χ2n) is 4.87. The van der Waals surface area contributed by atoms with Gasteiger partial charge >= 0.3 is 0 Å². The maximum atomic E-state index is 6.58. The maximum Gasteiger partial charge on any atom is 0.0949 e. The van der Waals surface area contributed by atoms with Crippen LogP contribution in [0, 0.1) is 6.92 Å². The molecule has 17 heavy (non-hydrogen) atoms. The van der Waals surface area contributed by atoms with Crippen LogP contribution >= 0.6 is 11.3 Å². The van der Waals surface area contributed by atoms with Crippen LogP contribution in [0.25, 0.3) is 0 Å². The van der Waals surface area contributed by atoms with Crippen LogP contribution in [-0.4, -0.2) is 4.98 Å². The molecule has 0 saturated carbocycles. The number of aryl methyl sites for hydroxylation is 2. The van der Waals surface area contributed by atoms with Gasteiger partial charge in [-0.15, -0.1) is 11.3 Å². The fraction of sp³-hybridized carbons (Fsp3) is 0.357. The van der Waals surface area contributed by atoms with Crippen molar-refractivity contribution in [3.63, 3.8) is 0 Å². The molecule has 2 aromatic rings. The standard InChI is InChI=1S/C14H16N2S/c1-10-9-17-13(16-10)8-14(15)7-6-11-4-2-3-5-12(11)14/h2-5,9H,6-8,15H2,1H3. The highest BCUT2D eigenvalue weighted by Gasteiger charge is 2.35. The number of rotatable bonds is 2. The van der Waals surface area contributed by atoms with E-state index in [2.05, 4.69) is 34.6 Å². The summed E-state index contributed by atoms with van der Waals surface area (Å²) >= 11 is 1.72. The largest absolute Gasteiger partial charge is 0.321 e. The zero-order valence-corrected chi connectivity index (χ0v) is 10.8. The average molecular weight is 244 g/mol. The van der Waals surface area contributed by atoms with E-state index in [0.29, 0.717) is 0 Å². The Morgan fingerprint density at radius 1 is 1.41 bits per heavy atom. The third-order valence-electron chi connectivity index (χ3n) is 3.53. The van der Waals surface area contributed by atoms with Gasteiger partial charge in [0.05, 0.1) is 5.01 Å². The van der Waals surface area contributed by atoms with Gasteiger partial charge in [-0.25, -0.2) is 4.98 Å². The van der Waals surface area contributed by atoms with E-state index in [1.807, 2.05) is 6.92 Å². The second-order valence-corrected chi connectivity index (χ2v) is 5.82. The zero-order chi connectivity index (χ0) is 11.9. The summed E-state index contributed by atoms with van der Waals surface area (Å²) in [4.78, 5) is 4.53. The highest BCUT2D eigenvalue weighted by Crippen LogP contribution is 2.37. The van der Waals surface area contributed by atoms with Crippen molar-refractivity contribution in [3.05, 3.63) is 51.5 Å². The van der Waals surface area contributed by atoms with Crippen LogP contribution in [0.5, 0.6) is 0 Å². The molecular formula is C14H16N2S. The highest BCUT2D eigenvalue weighted by atomic mass is 32.1. The molecule has 1 aliphatic carbocycles. The van der Waals surface area contributed by atoms with Crippen molar-refractivity contribution in [1.82, 2.24) is 4.98 Å². The van der Waals surface area contributed by atoms with Gasteiger partial charge in [-0.3, -0.25) is 0 Å². The first-order chi connectivity index (χ1) is 8.17. The van der Waals surface area contributed by atoms with Crippen LogP contribution in [0.2, 0.25) is 0 Å². The first-order valence-electron chi connectivity index (χ1n) is 5.96. The molecule has 3 heteroatoms. The Hall–Kier alpha value is -1.19. The Morgan fingerprint density at radius 3 is 3.00 bits per heavy atom. The molecule has 0 fully saturated rings. The van der Waals surface area contributed by atoms with Crippen LogP contribution in [0.3, 0.4) is 0 Å². The Kier molecular flexibility index (Phi) is 2.53. The number of hydrogen-bond acceptors (Lipinski definition) is 3. The summed E-state index contributed by atoms with van der Waals surface area (Å²) in [5.74, 6) is 0. The van der Waals surface area contributed by atoms with E-state index in [1.165, 1.54) is 11.1 Å². The number of nitrogens with two attached hydrogens (primary N) is 1. The average Bonchev–Trinajstić information content (AvgIpc) is 2.86. The summed E-state index contributed by atoms with van der Waals surface area (Å²) in [7, 11) is 0. The third-order valence-corrected chi connectivity index (χ3v) is 4.49. The fourth-order valence-electron chi connectivity index (χ4n) is 2.65. The number of aromatic nitrogens is 1. The number of benzene rings is 1. The molecular weight excluding hydrogens is 228 g/mol. The van der Waals surface area contributed by atoms with Gasteiger partial charge in [0.2, 0.25) is 0 Å². The first kappa shape index (κ1) is 10.9. The lowest BCUT2D eigenvalue weighted by Gasteiger charge is -2.24. The molecule has 0 bridgehead atoms. The van der Waals surface area contributed by atoms with E-state index < -0.39 is 0 Å². The van der Waals surface area contributed by atoms with Crippen LogP contribution in [0.4, 0.5) is 0 Å². The van der Waals surface area contributed by atoms with Crippen molar-refractivity contribution >= 4 is 11.3 Å². The molecule has 0 aliphatic heterocycles. The lowest BCUT2D eigenvalue weighted by atomic mass is 9.90. The van der Waals surface area contributed by atoms with Crippen molar-refractivity contribution in [2.75, 3.05) is 0 Å². The molecule has 2 nitrogen and oxygen atoms in total. The number of fused-ring (bicyclic) bond motifs is 1. The molecule has 1 aromatic heterocycles. The van der Waals surface area contributed by atoms with E-state index >= 15 is 0 Å². The monoisotopic (exact) mass is 244 g/mol.